The molecule has 0 aliphatic heterocycles. The summed E-state index contributed by atoms with van der Waals surface area (Å²) in [4.78, 5) is 12.3. The van der Waals surface area contributed by atoms with Gasteiger partial charge in [0.15, 0.2) is 0 Å². The molecule has 0 aliphatic carbocycles. The molecule has 0 saturated heterocycles. The maximum Gasteiger partial charge on any atom is 0.227 e. The summed E-state index contributed by atoms with van der Waals surface area (Å²) in [6, 6.07) is 7.23. The monoisotopic (exact) mass is 280 g/mol. The lowest BCUT2D eigenvalue weighted by atomic mass is 9.97. The topological polar surface area (TPSA) is 64.3 Å². The van der Waals surface area contributed by atoms with Crippen molar-refractivity contribution in [3.63, 3.8) is 0 Å². The van der Waals surface area contributed by atoms with Gasteiger partial charge in [-0.05, 0) is 18.1 Å². The van der Waals surface area contributed by atoms with Gasteiger partial charge in [-0.1, -0.05) is 45.1 Å². The summed E-state index contributed by atoms with van der Waals surface area (Å²) in [6.07, 6.45) is 0. The van der Waals surface area contributed by atoms with Crippen LogP contribution in [0.5, 0.6) is 5.75 Å². The summed E-state index contributed by atoms with van der Waals surface area (Å²) in [5.74, 6) is 0.759. The van der Waals surface area contributed by atoms with Gasteiger partial charge in [0, 0.05) is 5.92 Å². The second-order valence-electron chi connectivity index (χ2n) is 4.77. The number of benzene rings is 1. The fraction of sp³-hybridized carbons (Fsp3) is 0.429. The Labute approximate surface area is 119 Å². The van der Waals surface area contributed by atoms with Crippen LogP contribution >= 0.6 is 12.2 Å². The molecule has 0 bridgehead atoms. The molecule has 0 aromatic heterocycles. The van der Waals surface area contributed by atoms with Crippen molar-refractivity contribution < 1.29 is 9.53 Å². The standard InChI is InChI=1S/C14H20N2O2S/c1-9(2)10(3)14(17)16-11-6-4-5-7-12(11)18-8-13(15)19/h4-7,9-10H,8H2,1-3H3,(H2,15,19)(H,16,17). The van der Waals surface area contributed by atoms with Gasteiger partial charge in [0.1, 0.15) is 17.3 Å². The molecule has 1 amide bonds. The Morgan fingerprint density at radius 1 is 1.37 bits per heavy atom. The third-order valence-corrected chi connectivity index (χ3v) is 3.05. The first-order valence-electron chi connectivity index (χ1n) is 6.22. The Bertz CT molecular complexity index is 461. The third-order valence-electron chi connectivity index (χ3n) is 2.93. The molecule has 0 radical (unpaired) electrons. The van der Waals surface area contributed by atoms with E-state index < -0.39 is 0 Å². The zero-order valence-corrected chi connectivity index (χ0v) is 12.3. The quantitative estimate of drug-likeness (QED) is 0.786. The highest BCUT2D eigenvalue weighted by Gasteiger charge is 2.17. The Kier molecular flexibility index (Phi) is 5.76. The van der Waals surface area contributed by atoms with Gasteiger partial charge in [0.2, 0.25) is 5.91 Å². The Morgan fingerprint density at radius 2 is 2.00 bits per heavy atom. The van der Waals surface area contributed by atoms with Crippen molar-refractivity contribution in [1.82, 2.24) is 0 Å². The Morgan fingerprint density at radius 3 is 2.58 bits per heavy atom. The summed E-state index contributed by atoms with van der Waals surface area (Å²) in [5.41, 5.74) is 6.03. The van der Waals surface area contributed by atoms with Crippen molar-refractivity contribution in [2.75, 3.05) is 11.9 Å². The lowest BCUT2D eigenvalue weighted by Crippen LogP contribution is -2.25. The summed E-state index contributed by atoms with van der Waals surface area (Å²) in [7, 11) is 0. The number of para-hydroxylation sites is 2. The molecule has 1 unspecified atom stereocenters. The second kappa shape index (κ2) is 7.09. The number of ether oxygens (including phenoxy) is 1. The largest absolute Gasteiger partial charge is 0.484 e. The van der Waals surface area contributed by atoms with Crippen molar-refractivity contribution >= 4 is 28.8 Å². The first-order valence-corrected chi connectivity index (χ1v) is 6.63. The predicted molar refractivity (Wildman–Crippen MR) is 81.4 cm³/mol. The fourth-order valence-electron chi connectivity index (χ4n) is 1.39. The van der Waals surface area contributed by atoms with Crippen LogP contribution in [0, 0.1) is 11.8 Å². The molecule has 1 rings (SSSR count). The molecule has 1 aromatic carbocycles. The van der Waals surface area contributed by atoms with E-state index in [1.807, 2.05) is 32.9 Å². The van der Waals surface area contributed by atoms with Crippen molar-refractivity contribution in [2.24, 2.45) is 17.6 Å². The number of rotatable bonds is 6. The minimum atomic E-state index is -0.0661. The van der Waals surface area contributed by atoms with Crippen LogP contribution in [0.2, 0.25) is 0 Å². The summed E-state index contributed by atoms with van der Waals surface area (Å²) in [5, 5.41) is 2.87. The van der Waals surface area contributed by atoms with Gasteiger partial charge in [0.25, 0.3) is 0 Å². The predicted octanol–water partition coefficient (Wildman–Crippen LogP) is 2.58. The van der Waals surface area contributed by atoms with Crippen molar-refractivity contribution in [1.29, 1.82) is 0 Å². The van der Waals surface area contributed by atoms with Crippen LogP contribution in [0.15, 0.2) is 24.3 Å². The zero-order valence-electron chi connectivity index (χ0n) is 11.5. The van der Waals surface area contributed by atoms with Crippen molar-refractivity contribution in [3.05, 3.63) is 24.3 Å². The number of anilines is 1. The molecule has 104 valence electrons. The second-order valence-corrected chi connectivity index (χ2v) is 5.30. The minimum absolute atomic E-state index is 0.0265. The molecule has 3 N–H and O–H groups in total. The van der Waals surface area contributed by atoms with Crippen LogP contribution in [-0.4, -0.2) is 17.5 Å². The fourth-order valence-corrected chi connectivity index (χ4v) is 1.45. The first-order chi connectivity index (χ1) is 8.91. The minimum Gasteiger partial charge on any atom is -0.484 e. The molecular weight excluding hydrogens is 260 g/mol. The highest BCUT2D eigenvalue weighted by atomic mass is 32.1. The van der Waals surface area contributed by atoms with E-state index >= 15 is 0 Å². The van der Waals surface area contributed by atoms with Crippen molar-refractivity contribution in [3.8, 4) is 5.75 Å². The number of nitrogens with two attached hydrogens (primary N) is 1. The lowest BCUT2D eigenvalue weighted by Gasteiger charge is -2.17. The van der Waals surface area contributed by atoms with Gasteiger partial charge in [0.05, 0.1) is 5.69 Å². The number of carbonyl (C=O) groups excluding carboxylic acids is 1. The summed E-state index contributed by atoms with van der Waals surface area (Å²) >= 11 is 4.77. The van der Waals surface area contributed by atoms with Crippen LogP contribution in [-0.2, 0) is 4.79 Å². The van der Waals surface area contributed by atoms with Gasteiger partial charge in [-0.2, -0.15) is 0 Å². The molecule has 5 heteroatoms. The maximum atomic E-state index is 12.0. The van der Waals surface area contributed by atoms with E-state index in [1.54, 1.807) is 12.1 Å². The number of hydrogen-bond donors (Lipinski definition) is 2. The molecule has 1 aromatic rings. The average molecular weight is 280 g/mol. The van der Waals surface area contributed by atoms with E-state index in [2.05, 4.69) is 5.32 Å². The Hall–Kier alpha value is -1.62. The van der Waals surface area contributed by atoms with Gasteiger partial charge < -0.3 is 15.8 Å². The van der Waals surface area contributed by atoms with E-state index in [0.717, 1.165) is 0 Å². The van der Waals surface area contributed by atoms with Gasteiger partial charge in [-0.25, -0.2) is 0 Å². The van der Waals surface area contributed by atoms with Crippen LogP contribution in [0.1, 0.15) is 20.8 Å². The molecular formula is C14H20N2O2S. The first kappa shape index (κ1) is 15.4. The van der Waals surface area contributed by atoms with Gasteiger partial charge in [-0.3, -0.25) is 4.79 Å². The van der Waals surface area contributed by atoms with Crippen LogP contribution < -0.4 is 15.8 Å². The van der Waals surface area contributed by atoms with E-state index in [-0.39, 0.29) is 29.3 Å². The SMILES string of the molecule is CC(C)C(C)C(=O)Nc1ccccc1OCC(N)=S. The van der Waals surface area contributed by atoms with E-state index in [9.17, 15) is 4.79 Å². The molecule has 0 spiro atoms. The van der Waals surface area contributed by atoms with Crippen molar-refractivity contribution in [2.45, 2.75) is 20.8 Å². The summed E-state index contributed by atoms with van der Waals surface area (Å²) < 4.78 is 5.46. The number of thiocarbonyl (C=S) groups is 1. The molecule has 0 aliphatic rings. The number of hydrogen-bond acceptors (Lipinski definition) is 3. The number of nitrogens with one attached hydrogen (secondary N) is 1. The summed E-state index contributed by atoms with van der Waals surface area (Å²) in [6.45, 7) is 6.08. The van der Waals surface area contributed by atoms with Crippen LogP contribution in [0.4, 0.5) is 5.69 Å². The zero-order chi connectivity index (χ0) is 14.4. The highest BCUT2D eigenvalue weighted by Crippen LogP contribution is 2.25. The molecule has 0 saturated carbocycles. The number of amides is 1. The van der Waals surface area contributed by atoms with Gasteiger partial charge >= 0.3 is 0 Å². The third kappa shape index (κ3) is 4.87. The molecule has 4 nitrogen and oxygen atoms in total. The molecule has 19 heavy (non-hydrogen) atoms. The highest BCUT2D eigenvalue weighted by molar-refractivity contribution is 7.80. The average Bonchev–Trinajstić information content (AvgIpc) is 2.36. The van der Waals surface area contributed by atoms with E-state index in [4.69, 9.17) is 22.7 Å². The molecule has 1 atom stereocenters. The normalized spacial score (nSPS) is 12.0. The number of carbonyl (C=O) groups is 1. The molecule has 0 fully saturated rings. The van der Waals surface area contributed by atoms with Gasteiger partial charge in [-0.15, -0.1) is 0 Å². The Balaban J connectivity index is 2.77. The van der Waals surface area contributed by atoms with E-state index in [0.29, 0.717) is 11.4 Å². The van der Waals surface area contributed by atoms with Crippen LogP contribution in [0.25, 0.3) is 0 Å². The van der Waals surface area contributed by atoms with Crippen LogP contribution in [0.3, 0.4) is 0 Å². The maximum absolute atomic E-state index is 12.0. The lowest BCUT2D eigenvalue weighted by molar-refractivity contribution is -0.120. The van der Waals surface area contributed by atoms with E-state index in [1.165, 1.54) is 0 Å². The molecule has 0 heterocycles. The smallest absolute Gasteiger partial charge is 0.227 e.